The van der Waals surface area contributed by atoms with Gasteiger partial charge in [-0.15, -0.1) is 0 Å². The average Bonchev–Trinajstić information content (AvgIpc) is 1.96. The highest BCUT2D eigenvalue weighted by atomic mass is 32.2. The van der Waals surface area contributed by atoms with Crippen molar-refractivity contribution in [3.05, 3.63) is 0 Å². The molecule has 0 N–H and O–H groups in total. The molecule has 0 spiro atoms. The summed E-state index contributed by atoms with van der Waals surface area (Å²) in [5, 5.41) is 0. The quantitative estimate of drug-likeness (QED) is 0.634. The van der Waals surface area contributed by atoms with Crippen LogP contribution in [0.5, 0.6) is 0 Å². The fraction of sp³-hybridized carbons (Fsp3) is 1.00. The van der Waals surface area contributed by atoms with Crippen LogP contribution in [0.25, 0.3) is 0 Å². The van der Waals surface area contributed by atoms with Gasteiger partial charge >= 0.3 is 0 Å². The van der Waals surface area contributed by atoms with Gasteiger partial charge in [-0.25, -0.2) is 0 Å². The molecule has 0 aromatic rings. The van der Waals surface area contributed by atoms with E-state index in [9.17, 15) is 4.21 Å². The van der Waals surface area contributed by atoms with E-state index in [-0.39, 0.29) is 0 Å². The zero-order valence-corrected chi connectivity index (χ0v) is 9.49. The highest BCUT2D eigenvalue weighted by Gasteiger charge is 2.05. The molecule has 0 aliphatic rings. The molecule has 0 saturated carbocycles. The maximum Gasteiger partial charge on any atom is 0.0244 e. The molecule has 0 radical (unpaired) electrons. The van der Waals surface area contributed by atoms with E-state index in [0.29, 0.717) is 6.04 Å². The highest BCUT2D eigenvalue weighted by Crippen LogP contribution is 1.99. The molecule has 0 bridgehead atoms. The van der Waals surface area contributed by atoms with Crippen molar-refractivity contribution >= 4 is 10.8 Å². The molecule has 3 heteroatoms. The first-order chi connectivity index (χ1) is 5.57. The smallest absolute Gasteiger partial charge is 0.0244 e. The third-order valence-corrected chi connectivity index (χ3v) is 2.88. The number of hydrogen-bond donors (Lipinski definition) is 0. The minimum absolute atomic E-state index is 0.611. The van der Waals surface area contributed by atoms with Crippen LogP contribution in [-0.2, 0) is 10.8 Å². The molecular formula is C9H21NOS. The third kappa shape index (κ3) is 5.72. The summed E-state index contributed by atoms with van der Waals surface area (Å²) < 4.78 is 10.8. The number of nitrogens with zero attached hydrogens (tertiary/aromatic N) is 1. The van der Waals surface area contributed by atoms with E-state index < -0.39 is 10.8 Å². The molecule has 1 unspecified atom stereocenters. The molecule has 0 aromatic carbocycles. The van der Waals surface area contributed by atoms with Crippen LogP contribution in [0.3, 0.4) is 0 Å². The summed E-state index contributed by atoms with van der Waals surface area (Å²) in [6.07, 6.45) is 2.82. The summed E-state index contributed by atoms with van der Waals surface area (Å²) in [5.74, 6) is 0.837. The van der Waals surface area contributed by atoms with Crippen molar-refractivity contribution in [2.45, 2.75) is 33.2 Å². The average molecular weight is 191 g/mol. The second-order valence-electron chi connectivity index (χ2n) is 3.35. The van der Waals surface area contributed by atoms with Crippen molar-refractivity contribution in [1.82, 2.24) is 4.90 Å². The van der Waals surface area contributed by atoms with Gasteiger partial charge in [-0.05, 0) is 33.4 Å². The fourth-order valence-electron chi connectivity index (χ4n) is 1.25. The Morgan fingerprint density at radius 3 is 2.33 bits per heavy atom. The van der Waals surface area contributed by atoms with Crippen molar-refractivity contribution < 1.29 is 4.21 Å². The lowest BCUT2D eigenvalue weighted by Gasteiger charge is -2.24. The molecule has 0 rings (SSSR count). The van der Waals surface area contributed by atoms with E-state index in [0.717, 1.165) is 25.3 Å². The summed E-state index contributed by atoms with van der Waals surface area (Å²) in [5.41, 5.74) is 0. The first-order valence-electron chi connectivity index (χ1n) is 4.62. The zero-order chi connectivity index (χ0) is 9.56. The van der Waals surface area contributed by atoms with E-state index in [1.807, 2.05) is 0 Å². The van der Waals surface area contributed by atoms with Gasteiger partial charge in [-0.2, -0.15) is 0 Å². The van der Waals surface area contributed by atoms with Crippen LogP contribution in [-0.4, -0.2) is 40.2 Å². The van der Waals surface area contributed by atoms with Gasteiger partial charge in [0.15, 0.2) is 0 Å². The highest BCUT2D eigenvalue weighted by molar-refractivity contribution is 7.84. The minimum atomic E-state index is -0.624. The first-order valence-corrected chi connectivity index (χ1v) is 6.34. The Labute approximate surface area is 78.8 Å². The van der Waals surface area contributed by atoms with E-state index >= 15 is 0 Å². The molecule has 0 saturated heterocycles. The summed E-state index contributed by atoms with van der Waals surface area (Å²) in [6.45, 7) is 8.74. The Hall–Kier alpha value is 0.110. The Bertz CT molecular complexity index is 136. The molecule has 0 heterocycles. The van der Waals surface area contributed by atoms with E-state index in [2.05, 4.69) is 25.7 Å². The van der Waals surface area contributed by atoms with E-state index in [1.165, 1.54) is 0 Å². The third-order valence-electron chi connectivity index (χ3n) is 2.01. The largest absolute Gasteiger partial charge is 0.301 e. The van der Waals surface area contributed by atoms with Crippen LogP contribution in [0, 0.1) is 0 Å². The molecular weight excluding hydrogens is 170 g/mol. The van der Waals surface area contributed by atoms with Crippen molar-refractivity contribution in [3.8, 4) is 0 Å². The van der Waals surface area contributed by atoms with Gasteiger partial charge in [0.1, 0.15) is 0 Å². The maximum absolute atomic E-state index is 10.8. The summed E-state index contributed by atoms with van der Waals surface area (Å²) in [4.78, 5) is 2.40. The lowest BCUT2D eigenvalue weighted by atomic mass is 10.3. The summed E-state index contributed by atoms with van der Waals surface area (Å²) in [6, 6.07) is 0.611. The van der Waals surface area contributed by atoms with E-state index in [1.54, 1.807) is 6.26 Å². The predicted molar refractivity (Wildman–Crippen MR) is 55.9 cm³/mol. The SMILES string of the molecule is CCN(CCCS(C)=O)C(C)C. The van der Waals surface area contributed by atoms with Gasteiger partial charge in [0.05, 0.1) is 0 Å². The Morgan fingerprint density at radius 2 is 2.00 bits per heavy atom. The summed E-state index contributed by atoms with van der Waals surface area (Å²) in [7, 11) is -0.624. The molecule has 0 aliphatic heterocycles. The van der Waals surface area contributed by atoms with Crippen LogP contribution in [0.2, 0.25) is 0 Å². The molecule has 12 heavy (non-hydrogen) atoms. The Morgan fingerprint density at radius 1 is 1.42 bits per heavy atom. The molecule has 0 aliphatic carbocycles. The maximum atomic E-state index is 10.8. The lowest BCUT2D eigenvalue weighted by molar-refractivity contribution is 0.235. The molecule has 74 valence electrons. The van der Waals surface area contributed by atoms with Crippen molar-refractivity contribution in [2.75, 3.05) is 25.1 Å². The zero-order valence-electron chi connectivity index (χ0n) is 8.67. The second kappa shape index (κ2) is 6.61. The number of rotatable bonds is 6. The van der Waals surface area contributed by atoms with Crippen molar-refractivity contribution in [2.24, 2.45) is 0 Å². The molecule has 0 fully saturated rings. The van der Waals surface area contributed by atoms with Crippen molar-refractivity contribution in [3.63, 3.8) is 0 Å². The van der Waals surface area contributed by atoms with Gasteiger partial charge in [-0.3, -0.25) is 4.21 Å². The topological polar surface area (TPSA) is 20.3 Å². The van der Waals surface area contributed by atoms with Gasteiger partial charge in [0.2, 0.25) is 0 Å². The lowest BCUT2D eigenvalue weighted by Crippen LogP contribution is -2.32. The molecule has 1 atom stereocenters. The van der Waals surface area contributed by atoms with Gasteiger partial charge in [0, 0.05) is 28.9 Å². The molecule has 2 nitrogen and oxygen atoms in total. The fourth-order valence-corrected chi connectivity index (χ4v) is 1.79. The monoisotopic (exact) mass is 191 g/mol. The summed E-state index contributed by atoms with van der Waals surface area (Å²) >= 11 is 0. The van der Waals surface area contributed by atoms with Crippen LogP contribution in [0.1, 0.15) is 27.2 Å². The second-order valence-corrected chi connectivity index (χ2v) is 4.91. The predicted octanol–water partition coefficient (Wildman–Crippen LogP) is 1.49. The van der Waals surface area contributed by atoms with Crippen LogP contribution in [0.15, 0.2) is 0 Å². The Kier molecular flexibility index (Phi) is 6.67. The van der Waals surface area contributed by atoms with Crippen LogP contribution < -0.4 is 0 Å². The normalized spacial score (nSPS) is 14.2. The van der Waals surface area contributed by atoms with Gasteiger partial charge < -0.3 is 4.90 Å². The van der Waals surface area contributed by atoms with Gasteiger partial charge in [-0.1, -0.05) is 6.92 Å². The molecule has 0 amide bonds. The van der Waals surface area contributed by atoms with Crippen LogP contribution >= 0.6 is 0 Å². The molecule has 0 aromatic heterocycles. The van der Waals surface area contributed by atoms with Gasteiger partial charge in [0.25, 0.3) is 0 Å². The van der Waals surface area contributed by atoms with Crippen LogP contribution in [0.4, 0.5) is 0 Å². The standard InChI is InChI=1S/C9H21NOS/c1-5-10(9(2)3)7-6-8-12(4)11/h9H,5-8H2,1-4H3. The van der Waals surface area contributed by atoms with Crippen molar-refractivity contribution in [1.29, 1.82) is 0 Å². The Balaban J connectivity index is 3.51. The first kappa shape index (κ1) is 12.1. The number of hydrogen-bond acceptors (Lipinski definition) is 2. The van der Waals surface area contributed by atoms with E-state index in [4.69, 9.17) is 0 Å². The minimum Gasteiger partial charge on any atom is -0.301 e.